The Morgan fingerprint density at radius 3 is 2.56 bits per heavy atom. The normalized spacial score (nSPS) is 22.4. The van der Waals surface area contributed by atoms with Gasteiger partial charge in [-0.1, -0.05) is 48.6 Å². The molecule has 1 saturated heterocycles. The smallest absolute Gasteiger partial charge is 0.254 e. The van der Waals surface area contributed by atoms with Crippen LogP contribution in [0.25, 0.3) is 0 Å². The summed E-state index contributed by atoms with van der Waals surface area (Å²) in [6.07, 6.45) is 7.45. The largest absolute Gasteiger partial charge is 0.489 e. The van der Waals surface area contributed by atoms with Crippen LogP contribution in [0.1, 0.15) is 41.6 Å². The van der Waals surface area contributed by atoms with Crippen LogP contribution in [-0.4, -0.2) is 59.8 Å². The monoisotopic (exact) mass is 487 g/mol. The highest BCUT2D eigenvalue weighted by atomic mass is 16.5. The minimum atomic E-state index is -0.185. The summed E-state index contributed by atoms with van der Waals surface area (Å²) in [5.41, 5.74) is 1.41. The SMILES string of the molecule is O=C(C[C@@H]1CCN2C[C@@H]1C=CCOc1ccccc1CN(C(=O)c1ccccc1)CC2=O)NC1CC1. The summed E-state index contributed by atoms with van der Waals surface area (Å²) in [6.45, 7) is 1.78. The number of amides is 3. The van der Waals surface area contributed by atoms with Gasteiger partial charge in [0.15, 0.2) is 0 Å². The van der Waals surface area contributed by atoms with Crippen molar-refractivity contribution in [2.24, 2.45) is 11.8 Å². The lowest BCUT2D eigenvalue weighted by molar-refractivity contribution is -0.134. The Kier molecular flexibility index (Phi) is 7.35. The molecule has 2 fully saturated rings. The molecule has 1 saturated carbocycles. The van der Waals surface area contributed by atoms with Gasteiger partial charge < -0.3 is 19.9 Å². The van der Waals surface area contributed by atoms with E-state index in [9.17, 15) is 14.4 Å². The van der Waals surface area contributed by atoms with E-state index in [1.54, 1.807) is 17.0 Å². The minimum Gasteiger partial charge on any atom is -0.489 e. The molecular weight excluding hydrogens is 454 g/mol. The van der Waals surface area contributed by atoms with Gasteiger partial charge in [-0.05, 0) is 49.3 Å². The Hall–Kier alpha value is -3.61. The van der Waals surface area contributed by atoms with Gasteiger partial charge in [-0.3, -0.25) is 14.4 Å². The Morgan fingerprint density at radius 1 is 0.972 bits per heavy atom. The van der Waals surface area contributed by atoms with Gasteiger partial charge in [-0.15, -0.1) is 0 Å². The van der Waals surface area contributed by atoms with Gasteiger partial charge in [0.25, 0.3) is 5.91 Å². The molecule has 2 aromatic carbocycles. The molecule has 2 aromatic rings. The van der Waals surface area contributed by atoms with Crippen molar-refractivity contribution in [3.05, 3.63) is 77.9 Å². The average Bonchev–Trinajstić information content (AvgIpc) is 3.71. The molecule has 36 heavy (non-hydrogen) atoms. The average molecular weight is 488 g/mol. The molecular formula is C29H33N3O4. The van der Waals surface area contributed by atoms with Crippen molar-refractivity contribution in [2.45, 2.75) is 38.3 Å². The highest BCUT2D eigenvalue weighted by Gasteiger charge is 2.34. The molecule has 3 amide bonds. The number of piperidine rings is 1. The third kappa shape index (κ3) is 5.96. The van der Waals surface area contributed by atoms with Crippen LogP contribution in [0, 0.1) is 11.8 Å². The van der Waals surface area contributed by atoms with Crippen LogP contribution in [0.2, 0.25) is 0 Å². The number of nitrogens with zero attached hydrogens (tertiary/aromatic N) is 2. The van der Waals surface area contributed by atoms with Crippen LogP contribution in [0.15, 0.2) is 66.7 Å². The van der Waals surface area contributed by atoms with E-state index in [-0.39, 0.29) is 42.6 Å². The van der Waals surface area contributed by atoms with Gasteiger partial charge in [0, 0.05) is 36.7 Å². The molecule has 5 rings (SSSR count). The van der Waals surface area contributed by atoms with Crippen LogP contribution in [-0.2, 0) is 16.1 Å². The van der Waals surface area contributed by atoms with E-state index in [1.165, 1.54) is 0 Å². The summed E-state index contributed by atoms with van der Waals surface area (Å²) in [7, 11) is 0. The van der Waals surface area contributed by atoms with Gasteiger partial charge >= 0.3 is 0 Å². The molecule has 7 nitrogen and oxygen atoms in total. The molecule has 0 spiro atoms. The summed E-state index contributed by atoms with van der Waals surface area (Å²) in [5.74, 6) is 0.770. The Morgan fingerprint density at radius 2 is 1.75 bits per heavy atom. The summed E-state index contributed by atoms with van der Waals surface area (Å²) < 4.78 is 6.07. The van der Waals surface area contributed by atoms with Crippen molar-refractivity contribution in [1.29, 1.82) is 0 Å². The number of hydrogen-bond donors (Lipinski definition) is 1. The fraction of sp³-hybridized carbons (Fsp3) is 0.414. The highest BCUT2D eigenvalue weighted by Crippen LogP contribution is 2.30. The number of benzene rings is 2. The maximum absolute atomic E-state index is 13.5. The first-order valence-electron chi connectivity index (χ1n) is 12.9. The number of hydrogen-bond acceptors (Lipinski definition) is 4. The molecule has 3 aliphatic rings. The maximum Gasteiger partial charge on any atom is 0.254 e. The summed E-state index contributed by atoms with van der Waals surface area (Å²) in [6, 6.07) is 17.1. The zero-order valence-corrected chi connectivity index (χ0v) is 20.5. The maximum atomic E-state index is 13.5. The molecule has 0 aromatic heterocycles. The second-order valence-electron chi connectivity index (χ2n) is 9.97. The topological polar surface area (TPSA) is 79.0 Å². The van der Waals surface area contributed by atoms with E-state index in [0.29, 0.717) is 43.5 Å². The number of nitrogens with one attached hydrogen (secondary N) is 1. The second kappa shape index (κ2) is 11.0. The van der Waals surface area contributed by atoms with Crippen molar-refractivity contribution in [3.8, 4) is 5.75 Å². The van der Waals surface area contributed by atoms with E-state index in [0.717, 1.165) is 24.8 Å². The first-order chi connectivity index (χ1) is 17.6. The number of carbonyl (C=O) groups excluding carboxylic acids is 3. The van der Waals surface area contributed by atoms with E-state index in [4.69, 9.17) is 4.74 Å². The van der Waals surface area contributed by atoms with Crippen molar-refractivity contribution in [1.82, 2.24) is 15.1 Å². The number of ether oxygens (including phenoxy) is 1. The first kappa shape index (κ1) is 24.1. The van der Waals surface area contributed by atoms with Crippen molar-refractivity contribution < 1.29 is 19.1 Å². The number of carbonyl (C=O) groups is 3. The second-order valence-corrected chi connectivity index (χ2v) is 9.97. The van der Waals surface area contributed by atoms with E-state index < -0.39 is 0 Å². The Balaban J connectivity index is 1.39. The molecule has 2 bridgehead atoms. The standard InChI is InChI=1S/C29H33N3O4/c33-27(30-25-12-13-25)17-22-14-15-31-18-23(22)10-6-16-36-26-11-5-4-9-24(26)19-32(20-28(31)34)29(35)21-7-2-1-3-8-21/h1-11,22-23,25H,12-20H2,(H,30,33)/t22-,23-/m0/s1. The van der Waals surface area contributed by atoms with E-state index in [1.807, 2.05) is 53.4 Å². The Bertz CT molecular complexity index is 1130. The number of fused-ring (bicyclic) bond motifs is 3. The van der Waals surface area contributed by atoms with Gasteiger partial charge in [-0.2, -0.15) is 0 Å². The fourth-order valence-corrected chi connectivity index (χ4v) is 5.06. The summed E-state index contributed by atoms with van der Waals surface area (Å²) in [5, 5.41) is 3.09. The fourth-order valence-electron chi connectivity index (χ4n) is 5.06. The molecule has 0 radical (unpaired) electrons. The lowest BCUT2D eigenvalue weighted by atomic mass is 9.82. The lowest BCUT2D eigenvalue weighted by Gasteiger charge is -2.38. The molecule has 1 aliphatic carbocycles. The molecule has 1 N–H and O–H groups in total. The van der Waals surface area contributed by atoms with Crippen molar-refractivity contribution in [2.75, 3.05) is 26.2 Å². The number of para-hydroxylation sites is 1. The van der Waals surface area contributed by atoms with E-state index >= 15 is 0 Å². The third-order valence-electron chi connectivity index (χ3n) is 7.24. The first-order valence-corrected chi connectivity index (χ1v) is 12.9. The van der Waals surface area contributed by atoms with Crippen LogP contribution in [0.4, 0.5) is 0 Å². The van der Waals surface area contributed by atoms with Crippen molar-refractivity contribution >= 4 is 17.7 Å². The predicted molar refractivity (Wildman–Crippen MR) is 136 cm³/mol. The van der Waals surface area contributed by atoms with Crippen LogP contribution < -0.4 is 10.1 Å². The predicted octanol–water partition coefficient (Wildman–Crippen LogP) is 3.41. The van der Waals surface area contributed by atoms with Gasteiger partial charge in [0.2, 0.25) is 11.8 Å². The van der Waals surface area contributed by atoms with Crippen LogP contribution >= 0.6 is 0 Å². The molecule has 7 heteroatoms. The third-order valence-corrected chi connectivity index (χ3v) is 7.24. The molecule has 2 aliphatic heterocycles. The van der Waals surface area contributed by atoms with Crippen LogP contribution in [0.3, 0.4) is 0 Å². The van der Waals surface area contributed by atoms with Gasteiger partial charge in [0.05, 0.1) is 6.54 Å². The minimum absolute atomic E-state index is 0.00860. The molecule has 2 heterocycles. The van der Waals surface area contributed by atoms with Gasteiger partial charge in [-0.25, -0.2) is 0 Å². The number of rotatable bonds is 4. The zero-order chi connectivity index (χ0) is 24.9. The summed E-state index contributed by atoms with van der Waals surface area (Å²) >= 11 is 0. The van der Waals surface area contributed by atoms with Gasteiger partial charge in [0.1, 0.15) is 18.9 Å². The van der Waals surface area contributed by atoms with E-state index in [2.05, 4.69) is 11.4 Å². The van der Waals surface area contributed by atoms with Crippen LogP contribution in [0.5, 0.6) is 5.75 Å². The molecule has 188 valence electrons. The highest BCUT2D eigenvalue weighted by molar-refractivity contribution is 5.96. The quantitative estimate of drug-likeness (QED) is 0.671. The molecule has 2 atom stereocenters. The Labute approximate surface area is 212 Å². The van der Waals surface area contributed by atoms with Crippen molar-refractivity contribution in [3.63, 3.8) is 0 Å². The zero-order valence-electron chi connectivity index (χ0n) is 20.5. The summed E-state index contributed by atoms with van der Waals surface area (Å²) in [4.78, 5) is 42.9. The lowest BCUT2D eigenvalue weighted by Crippen LogP contribution is -2.48. The molecule has 0 unspecified atom stereocenters.